The molecule has 0 aromatic heterocycles. The molecular formula is C22H38IN3O3. The van der Waals surface area contributed by atoms with Gasteiger partial charge in [0, 0.05) is 33.4 Å². The normalized spacial score (nSPS) is 16.8. The first kappa shape index (κ1) is 26.0. The molecule has 0 spiro atoms. The standard InChI is InChI=1S/C22H37N3O3.HI/c1-4-23-21(25-17-22(12-13-27-3)10-5-6-11-22)24-15-19(26)16-28-20-9-7-8-18(2)14-20;/h7-9,14,19,26H,4-6,10-13,15-17H2,1-3H3,(H2,23,24,25);1H. The lowest BCUT2D eigenvalue weighted by atomic mass is 9.83. The molecule has 1 aliphatic rings. The molecule has 0 bridgehead atoms. The fourth-order valence-electron chi connectivity index (χ4n) is 3.69. The minimum atomic E-state index is -0.613. The van der Waals surface area contributed by atoms with E-state index in [9.17, 15) is 5.11 Å². The maximum atomic E-state index is 10.3. The van der Waals surface area contributed by atoms with Gasteiger partial charge < -0.3 is 25.2 Å². The number of aryl methyl sites for hydroxylation is 1. The molecule has 2 rings (SSSR count). The number of guanidine groups is 1. The van der Waals surface area contributed by atoms with Crippen molar-refractivity contribution >= 4 is 29.9 Å². The van der Waals surface area contributed by atoms with Crippen molar-refractivity contribution < 1.29 is 14.6 Å². The Balaban J connectivity index is 0.00000420. The second-order valence-electron chi connectivity index (χ2n) is 7.81. The van der Waals surface area contributed by atoms with Crippen LogP contribution in [0, 0.1) is 12.3 Å². The lowest BCUT2D eigenvalue weighted by Crippen LogP contribution is -2.43. The van der Waals surface area contributed by atoms with Crippen molar-refractivity contribution in [3.63, 3.8) is 0 Å². The molecule has 1 atom stereocenters. The van der Waals surface area contributed by atoms with Crippen molar-refractivity contribution in [1.29, 1.82) is 0 Å². The van der Waals surface area contributed by atoms with E-state index in [0.717, 1.165) is 43.4 Å². The average molecular weight is 519 g/mol. The van der Waals surface area contributed by atoms with Crippen LogP contribution in [0.3, 0.4) is 0 Å². The quantitative estimate of drug-likeness (QED) is 0.237. The molecule has 7 heteroatoms. The van der Waals surface area contributed by atoms with Gasteiger partial charge in [-0.2, -0.15) is 0 Å². The van der Waals surface area contributed by atoms with Crippen LogP contribution in [0.1, 0.15) is 44.6 Å². The number of hydrogen-bond acceptors (Lipinski definition) is 4. The maximum absolute atomic E-state index is 10.3. The number of ether oxygens (including phenoxy) is 2. The molecule has 0 aliphatic heterocycles. The number of methoxy groups -OCH3 is 1. The monoisotopic (exact) mass is 519 g/mol. The number of nitrogens with one attached hydrogen (secondary N) is 2. The number of nitrogens with zero attached hydrogens (tertiary/aromatic N) is 1. The van der Waals surface area contributed by atoms with Gasteiger partial charge in [-0.25, -0.2) is 0 Å². The van der Waals surface area contributed by atoms with Crippen LogP contribution in [-0.2, 0) is 4.74 Å². The third-order valence-corrected chi connectivity index (χ3v) is 5.35. The van der Waals surface area contributed by atoms with Crippen LogP contribution in [-0.4, -0.2) is 57.1 Å². The van der Waals surface area contributed by atoms with E-state index in [0.29, 0.717) is 6.54 Å². The molecule has 0 radical (unpaired) electrons. The topological polar surface area (TPSA) is 75.1 Å². The second-order valence-corrected chi connectivity index (χ2v) is 7.81. The Morgan fingerprint density at radius 2 is 2.03 bits per heavy atom. The third kappa shape index (κ3) is 9.53. The van der Waals surface area contributed by atoms with Crippen molar-refractivity contribution in [2.24, 2.45) is 10.4 Å². The Bertz CT molecular complexity index is 607. The summed E-state index contributed by atoms with van der Waals surface area (Å²) in [6.45, 7) is 7.07. The largest absolute Gasteiger partial charge is 0.491 e. The van der Waals surface area contributed by atoms with Crippen molar-refractivity contribution in [3.05, 3.63) is 29.8 Å². The van der Waals surface area contributed by atoms with Crippen molar-refractivity contribution in [1.82, 2.24) is 10.6 Å². The van der Waals surface area contributed by atoms with E-state index >= 15 is 0 Å². The summed E-state index contributed by atoms with van der Waals surface area (Å²) in [6, 6.07) is 7.84. The Kier molecular flexibility index (Phi) is 12.6. The minimum Gasteiger partial charge on any atom is -0.491 e. The number of benzene rings is 1. The Hall–Kier alpha value is -1.06. The first-order valence-electron chi connectivity index (χ1n) is 10.5. The Morgan fingerprint density at radius 3 is 2.69 bits per heavy atom. The highest BCUT2D eigenvalue weighted by molar-refractivity contribution is 14.0. The zero-order chi connectivity index (χ0) is 20.2. The fourth-order valence-corrected chi connectivity index (χ4v) is 3.69. The molecule has 1 unspecified atom stereocenters. The van der Waals surface area contributed by atoms with Gasteiger partial charge in [0.25, 0.3) is 0 Å². The van der Waals surface area contributed by atoms with Gasteiger partial charge in [-0.1, -0.05) is 25.0 Å². The lowest BCUT2D eigenvalue weighted by molar-refractivity contribution is 0.110. The summed E-state index contributed by atoms with van der Waals surface area (Å²) in [5.41, 5.74) is 1.40. The predicted octanol–water partition coefficient (Wildman–Crippen LogP) is 3.50. The zero-order valence-corrected chi connectivity index (χ0v) is 20.4. The number of aliphatic hydroxyl groups excluding tert-OH is 1. The number of aliphatic hydroxyl groups is 1. The van der Waals surface area contributed by atoms with Gasteiger partial charge in [0.2, 0.25) is 0 Å². The number of aliphatic imine (C=N–C) groups is 1. The molecule has 166 valence electrons. The lowest BCUT2D eigenvalue weighted by Gasteiger charge is -2.27. The molecule has 1 saturated carbocycles. The first-order valence-corrected chi connectivity index (χ1v) is 10.5. The van der Waals surface area contributed by atoms with E-state index in [-0.39, 0.29) is 36.0 Å². The number of hydrogen-bond donors (Lipinski definition) is 3. The summed E-state index contributed by atoms with van der Waals surface area (Å²) in [6.07, 6.45) is 5.42. The molecule has 0 heterocycles. The van der Waals surface area contributed by atoms with Gasteiger partial charge in [-0.05, 0) is 56.2 Å². The summed E-state index contributed by atoms with van der Waals surface area (Å²) in [5.74, 6) is 1.53. The summed E-state index contributed by atoms with van der Waals surface area (Å²) >= 11 is 0. The molecule has 0 amide bonds. The van der Waals surface area contributed by atoms with Crippen LogP contribution in [0.25, 0.3) is 0 Å². The van der Waals surface area contributed by atoms with Gasteiger partial charge in [0.15, 0.2) is 5.96 Å². The third-order valence-electron chi connectivity index (χ3n) is 5.35. The van der Waals surface area contributed by atoms with Crippen LogP contribution < -0.4 is 15.4 Å². The first-order chi connectivity index (χ1) is 13.6. The highest BCUT2D eigenvalue weighted by atomic mass is 127. The minimum absolute atomic E-state index is 0. The van der Waals surface area contributed by atoms with Crippen LogP contribution in [0.15, 0.2) is 29.3 Å². The second kappa shape index (κ2) is 14.0. The van der Waals surface area contributed by atoms with Gasteiger partial charge in [-0.3, -0.25) is 4.99 Å². The SMILES string of the molecule is CCNC(=NCC1(CCOC)CCCC1)NCC(O)COc1cccc(C)c1.I. The van der Waals surface area contributed by atoms with E-state index in [1.807, 2.05) is 38.1 Å². The Labute approximate surface area is 192 Å². The number of halogens is 1. The molecule has 1 aromatic carbocycles. The van der Waals surface area contributed by atoms with Crippen molar-refractivity contribution in [2.45, 2.75) is 52.1 Å². The molecule has 1 fully saturated rings. The van der Waals surface area contributed by atoms with Gasteiger partial charge >= 0.3 is 0 Å². The molecular weight excluding hydrogens is 481 g/mol. The zero-order valence-electron chi connectivity index (χ0n) is 18.1. The van der Waals surface area contributed by atoms with E-state index in [4.69, 9.17) is 14.5 Å². The van der Waals surface area contributed by atoms with Gasteiger partial charge in [-0.15, -0.1) is 24.0 Å². The highest BCUT2D eigenvalue weighted by Gasteiger charge is 2.33. The van der Waals surface area contributed by atoms with Crippen LogP contribution >= 0.6 is 24.0 Å². The van der Waals surface area contributed by atoms with Gasteiger partial charge in [0.1, 0.15) is 18.5 Å². The van der Waals surface area contributed by atoms with E-state index < -0.39 is 6.10 Å². The smallest absolute Gasteiger partial charge is 0.191 e. The van der Waals surface area contributed by atoms with Crippen molar-refractivity contribution in [2.75, 3.05) is 40.0 Å². The Morgan fingerprint density at radius 1 is 1.28 bits per heavy atom. The summed E-state index contributed by atoms with van der Waals surface area (Å²) in [7, 11) is 1.76. The molecule has 1 aromatic rings. The highest BCUT2D eigenvalue weighted by Crippen LogP contribution is 2.41. The van der Waals surface area contributed by atoms with Gasteiger partial charge in [0.05, 0.1) is 0 Å². The van der Waals surface area contributed by atoms with Crippen LogP contribution in [0.5, 0.6) is 5.75 Å². The molecule has 3 N–H and O–H groups in total. The van der Waals surface area contributed by atoms with Crippen molar-refractivity contribution in [3.8, 4) is 5.75 Å². The average Bonchev–Trinajstić information content (AvgIpc) is 3.16. The van der Waals surface area contributed by atoms with E-state index in [1.165, 1.54) is 25.7 Å². The van der Waals surface area contributed by atoms with E-state index in [2.05, 4.69) is 10.6 Å². The summed E-state index contributed by atoms with van der Waals surface area (Å²) in [5, 5.41) is 16.8. The molecule has 6 nitrogen and oxygen atoms in total. The maximum Gasteiger partial charge on any atom is 0.191 e. The fraction of sp³-hybridized carbons (Fsp3) is 0.682. The molecule has 1 aliphatic carbocycles. The van der Waals surface area contributed by atoms with Crippen LogP contribution in [0.2, 0.25) is 0 Å². The summed E-state index contributed by atoms with van der Waals surface area (Å²) < 4.78 is 11.0. The van der Waals surface area contributed by atoms with E-state index in [1.54, 1.807) is 7.11 Å². The summed E-state index contributed by atoms with van der Waals surface area (Å²) in [4.78, 5) is 4.81. The predicted molar refractivity (Wildman–Crippen MR) is 129 cm³/mol. The van der Waals surface area contributed by atoms with Crippen LogP contribution in [0.4, 0.5) is 0 Å². The molecule has 29 heavy (non-hydrogen) atoms. The molecule has 0 saturated heterocycles. The number of rotatable bonds is 11.